The molecule has 0 aromatic carbocycles. The summed E-state index contributed by atoms with van der Waals surface area (Å²) in [6.07, 6.45) is 10.6. The lowest BCUT2D eigenvalue weighted by molar-refractivity contribution is -0.151. The van der Waals surface area contributed by atoms with E-state index in [-0.39, 0.29) is 16.9 Å². The minimum atomic E-state index is -0.0953. The van der Waals surface area contributed by atoms with Crippen molar-refractivity contribution in [2.24, 2.45) is 40.4 Å². The van der Waals surface area contributed by atoms with Crippen LogP contribution in [0.4, 0.5) is 0 Å². The van der Waals surface area contributed by atoms with Crippen molar-refractivity contribution in [3.05, 3.63) is 12.7 Å². The van der Waals surface area contributed by atoms with E-state index in [0.717, 1.165) is 24.7 Å². The van der Waals surface area contributed by atoms with Crippen LogP contribution in [0.3, 0.4) is 0 Å². The Morgan fingerprint density at radius 3 is 2.61 bits per heavy atom. The third-order valence-electron chi connectivity index (χ3n) is 8.92. The van der Waals surface area contributed by atoms with Crippen LogP contribution in [0.15, 0.2) is 12.7 Å². The topological polar surface area (TPSA) is 37.3 Å². The zero-order chi connectivity index (χ0) is 16.4. The minimum absolute atomic E-state index is 0.0953. The van der Waals surface area contributed by atoms with E-state index in [1.165, 1.54) is 32.1 Å². The van der Waals surface area contributed by atoms with E-state index in [2.05, 4.69) is 26.5 Å². The van der Waals surface area contributed by atoms with Crippen molar-refractivity contribution in [3.63, 3.8) is 0 Å². The van der Waals surface area contributed by atoms with Gasteiger partial charge >= 0.3 is 0 Å². The number of ketones is 1. The van der Waals surface area contributed by atoms with Crippen molar-refractivity contribution in [3.8, 4) is 0 Å². The summed E-state index contributed by atoms with van der Waals surface area (Å²) in [6.45, 7) is 8.91. The molecule has 0 saturated heterocycles. The predicted molar refractivity (Wildman–Crippen MR) is 91.8 cm³/mol. The molecule has 0 aliphatic heterocycles. The Balaban J connectivity index is 1.69. The molecule has 4 fully saturated rings. The molecule has 4 saturated carbocycles. The van der Waals surface area contributed by atoms with Gasteiger partial charge in [-0.15, -0.1) is 6.58 Å². The highest BCUT2D eigenvalue weighted by atomic mass is 16.3. The second-order valence-electron chi connectivity index (χ2n) is 9.44. The molecule has 2 unspecified atom stereocenters. The third kappa shape index (κ3) is 2.00. The van der Waals surface area contributed by atoms with Gasteiger partial charge in [0.15, 0.2) is 0 Å². The number of allylic oxidation sites excluding steroid dienone is 1. The summed E-state index contributed by atoms with van der Waals surface area (Å²) in [5.74, 6) is 3.54. The summed E-state index contributed by atoms with van der Waals surface area (Å²) < 4.78 is 0. The minimum Gasteiger partial charge on any atom is -0.393 e. The predicted octanol–water partition coefficient (Wildman–Crippen LogP) is 4.37. The van der Waals surface area contributed by atoms with Crippen LogP contribution in [0.5, 0.6) is 0 Å². The van der Waals surface area contributed by atoms with Crippen molar-refractivity contribution in [1.29, 1.82) is 0 Å². The highest BCUT2D eigenvalue weighted by Crippen LogP contribution is 2.67. The average Bonchev–Trinajstić information content (AvgIpc) is 2.83. The maximum absolute atomic E-state index is 12.2. The van der Waals surface area contributed by atoms with Gasteiger partial charge in [-0.05, 0) is 78.9 Å². The van der Waals surface area contributed by atoms with Crippen molar-refractivity contribution in [1.82, 2.24) is 0 Å². The SMILES string of the molecule is C=CC1CC(=O)CC2CC[C@@H]3[C@H](CC[C@]4(C)[C@@H](O)CC[C@@H]34)[C@@]12C. The maximum atomic E-state index is 12.2. The van der Waals surface area contributed by atoms with Crippen LogP contribution in [0.2, 0.25) is 0 Å². The largest absolute Gasteiger partial charge is 0.393 e. The third-order valence-corrected chi connectivity index (χ3v) is 8.92. The van der Waals surface area contributed by atoms with E-state index in [0.29, 0.717) is 30.0 Å². The molecule has 0 spiro atoms. The lowest BCUT2D eigenvalue weighted by atomic mass is 9.43. The Hall–Kier alpha value is -0.630. The van der Waals surface area contributed by atoms with Crippen molar-refractivity contribution < 1.29 is 9.90 Å². The zero-order valence-electron chi connectivity index (χ0n) is 14.8. The summed E-state index contributed by atoms with van der Waals surface area (Å²) in [5.41, 5.74) is 0.409. The van der Waals surface area contributed by atoms with Gasteiger partial charge in [-0.25, -0.2) is 0 Å². The van der Waals surface area contributed by atoms with Gasteiger partial charge in [0.1, 0.15) is 5.78 Å². The van der Waals surface area contributed by atoms with Gasteiger partial charge in [0.25, 0.3) is 0 Å². The molecule has 0 radical (unpaired) electrons. The zero-order valence-corrected chi connectivity index (χ0v) is 14.8. The highest BCUT2D eigenvalue weighted by Gasteiger charge is 2.61. The van der Waals surface area contributed by atoms with Crippen LogP contribution < -0.4 is 0 Å². The first-order valence-corrected chi connectivity index (χ1v) is 9.73. The molecule has 0 bridgehead atoms. The van der Waals surface area contributed by atoms with Gasteiger partial charge in [0.2, 0.25) is 0 Å². The fraction of sp³-hybridized carbons (Fsp3) is 0.857. The van der Waals surface area contributed by atoms with Crippen molar-refractivity contribution in [2.45, 2.75) is 71.3 Å². The second-order valence-corrected chi connectivity index (χ2v) is 9.44. The van der Waals surface area contributed by atoms with Gasteiger partial charge in [-0.3, -0.25) is 4.79 Å². The lowest BCUT2D eigenvalue weighted by Gasteiger charge is -2.62. The lowest BCUT2D eigenvalue weighted by Crippen LogP contribution is -2.56. The van der Waals surface area contributed by atoms with E-state index in [9.17, 15) is 9.90 Å². The summed E-state index contributed by atoms with van der Waals surface area (Å²) >= 11 is 0. The average molecular weight is 316 g/mol. The molecule has 4 aliphatic carbocycles. The number of hydrogen-bond acceptors (Lipinski definition) is 2. The number of carbonyl (C=O) groups is 1. The summed E-state index contributed by atoms with van der Waals surface area (Å²) in [4.78, 5) is 12.2. The molecule has 2 heteroatoms. The quantitative estimate of drug-likeness (QED) is 0.729. The highest BCUT2D eigenvalue weighted by molar-refractivity contribution is 5.80. The fourth-order valence-electron chi connectivity index (χ4n) is 7.50. The van der Waals surface area contributed by atoms with E-state index >= 15 is 0 Å². The smallest absolute Gasteiger partial charge is 0.133 e. The normalized spacial score (nSPS) is 55.7. The molecule has 1 N–H and O–H groups in total. The van der Waals surface area contributed by atoms with Crippen LogP contribution in [0.1, 0.15) is 65.2 Å². The van der Waals surface area contributed by atoms with Gasteiger partial charge < -0.3 is 5.11 Å². The van der Waals surface area contributed by atoms with Crippen LogP contribution in [0.25, 0.3) is 0 Å². The van der Waals surface area contributed by atoms with Gasteiger partial charge in [-0.2, -0.15) is 0 Å². The van der Waals surface area contributed by atoms with Crippen LogP contribution in [-0.2, 0) is 4.79 Å². The summed E-state index contributed by atoms with van der Waals surface area (Å²) in [6, 6.07) is 0. The first-order valence-electron chi connectivity index (χ1n) is 9.73. The number of aliphatic hydroxyl groups is 1. The summed E-state index contributed by atoms with van der Waals surface area (Å²) in [7, 11) is 0. The Morgan fingerprint density at radius 2 is 1.87 bits per heavy atom. The fourth-order valence-corrected chi connectivity index (χ4v) is 7.50. The number of fused-ring (bicyclic) bond motifs is 5. The monoisotopic (exact) mass is 316 g/mol. The molecule has 0 amide bonds. The molecule has 8 atom stereocenters. The van der Waals surface area contributed by atoms with Gasteiger partial charge in [0.05, 0.1) is 6.10 Å². The van der Waals surface area contributed by atoms with Crippen LogP contribution in [0, 0.1) is 40.4 Å². The van der Waals surface area contributed by atoms with Gasteiger partial charge in [-0.1, -0.05) is 19.9 Å². The molecule has 23 heavy (non-hydrogen) atoms. The number of aliphatic hydroxyl groups excluding tert-OH is 1. The van der Waals surface area contributed by atoms with Gasteiger partial charge in [0, 0.05) is 12.8 Å². The van der Waals surface area contributed by atoms with Crippen molar-refractivity contribution >= 4 is 5.78 Å². The molecule has 0 aromatic rings. The van der Waals surface area contributed by atoms with E-state index in [1.54, 1.807) is 0 Å². The number of hydrogen-bond donors (Lipinski definition) is 1. The molecule has 0 heterocycles. The Labute approximate surface area is 140 Å². The maximum Gasteiger partial charge on any atom is 0.133 e. The standard InChI is InChI=1S/C21H32O2/c1-4-13-11-15(22)12-14-5-6-16-17-7-8-19(23)20(17,2)10-9-18(16)21(13,14)3/h4,13-14,16-19,23H,1,5-12H2,2-3H3/t13?,14?,16-,17-,18-,19-,20-,21-/m0/s1. The Kier molecular flexibility index (Phi) is 3.58. The molecule has 4 aliphatic rings. The van der Waals surface area contributed by atoms with E-state index < -0.39 is 0 Å². The van der Waals surface area contributed by atoms with Crippen LogP contribution >= 0.6 is 0 Å². The first kappa shape index (κ1) is 15.9. The van der Waals surface area contributed by atoms with Crippen LogP contribution in [-0.4, -0.2) is 17.0 Å². The van der Waals surface area contributed by atoms with E-state index in [4.69, 9.17) is 0 Å². The molecule has 4 rings (SSSR count). The van der Waals surface area contributed by atoms with Crippen molar-refractivity contribution in [2.75, 3.05) is 0 Å². The molecular formula is C21H32O2. The molecule has 0 aromatic heterocycles. The number of rotatable bonds is 1. The van der Waals surface area contributed by atoms with E-state index in [1.807, 2.05) is 0 Å². The molecule has 128 valence electrons. The number of Topliss-reactive ketones (excluding diaryl/α,β-unsaturated/α-hetero) is 1. The molecule has 2 nitrogen and oxygen atoms in total. The Bertz CT molecular complexity index is 526. The number of carbonyl (C=O) groups excluding carboxylic acids is 1. The first-order chi connectivity index (χ1) is 10.9. The second kappa shape index (κ2) is 5.18. The molecular weight excluding hydrogens is 284 g/mol. The summed E-state index contributed by atoms with van der Waals surface area (Å²) in [5, 5.41) is 10.5. The Morgan fingerprint density at radius 1 is 1.09 bits per heavy atom.